The Bertz CT molecular complexity index is 1240. The normalized spacial score (nSPS) is 15.7. The molecule has 168 valence electrons. The molecule has 0 saturated carbocycles. The van der Waals surface area contributed by atoms with E-state index in [2.05, 4.69) is 15.5 Å². The fraction of sp³-hybridized carbons (Fsp3) is 0.286. The maximum Gasteiger partial charge on any atom is 0.269 e. The molecule has 0 unspecified atom stereocenters. The molecule has 0 radical (unpaired) electrons. The summed E-state index contributed by atoms with van der Waals surface area (Å²) in [4.78, 5) is 13.1. The van der Waals surface area contributed by atoms with E-state index < -0.39 is 22.0 Å². The van der Waals surface area contributed by atoms with Crippen molar-refractivity contribution in [2.24, 2.45) is 0 Å². The number of benzene rings is 2. The molecule has 8 nitrogen and oxygen atoms in total. The molecule has 2 aromatic carbocycles. The summed E-state index contributed by atoms with van der Waals surface area (Å²) in [6.07, 6.45) is -1.05. The summed E-state index contributed by atoms with van der Waals surface area (Å²) in [5.74, 6) is 0.702. The van der Waals surface area contributed by atoms with Crippen LogP contribution in [0.3, 0.4) is 0 Å². The van der Waals surface area contributed by atoms with Gasteiger partial charge in [0.2, 0.25) is 5.13 Å². The van der Waals surface area contributed by atoms with Crippen molar-refractivity contribution in [3.05, 3.63) is 53.6 Å². The topological polar surface area (TPSA) is 101 Å². The Balaban J connectivity index is 1.65. The number of hydrogen-bond donors (Lipinski definition) is 1. The number of nitrogens with one attached hydrogen (secondary N) is 1. The number of carbonyl (C=O) groups is 1. The lowest BCUT2D eigenvalue weighted by Gasteiger charge is -2.34. The van der Waals surface area contributed by atoms with Crippen molar-refractivity contribution in [3.63, 3.8) is 0 Å². The minimum atomic E-state index is -3.90. The van der Waals surface area contributed by atoms with E-state index in [1.807, 2.05) is 26.8 Å². The fourth-order valence-corrected chi connectivity index (χ4v) is 6.32. The number of nitrogens with zero attached hydrogens (tertiary/aromatic N) is 3. The van der Waals surface area contributed by atoms with Gasteiger partial charge in [0.25, 0.3) is 15.9 Å². The van der Waals surface area contributed by atoms with E-state index in [0.29, 0.717) is 16.6 Å². The van der Waals surface area contributed by atoms with E-state index in [0.717, 1.165) is 21.2 Å². The third-order valence-corrected chi connectivity index (χ3v) is 8.44. The SMILES string of the molecule is CCSc1nnc(NC(=O)[C@@H]2CN(S(=O)(=O)c3ccc(C)cc3)c3ccc(C)cc3O2)s1. The number of rotatable bonds is 6. The molecule has 1 aliphatic rings. The molecule has 11 heteroatoms. The van der Waals surface area contributed by atoms with Crippen LogP contribution in [0.1, 0.15) is 18.1 Å². The fourth-order valence-electron chi connectivity index (χ4n) is 3.19. The van der Waals surface area contributed by atoms with E-state index in [1.165, 1.54) is 27.4 Å². The number of fused-ring (bicyclic) bond motifs is 1. The number of aryl methyl sites for hydroxylation is 2. The quantitative estimate of drug-likeness (QED) is 0.413. The Morgan fingerprint density at radius 1 is 1.19 bits per heavy atom. The van der Waals surface area contributed by atoms with Crippen LogP contribution < -0.4 is 14.4 Å². The highest BCUT2D eigenvalue weighted by molar-refractivity contribution is 8.01. The van der Waals surface area contributed by atoms with Gasteiger partial charge in [-0.2, -0.15) is 0 Å². The molecule has 3 aromatic rings. The molecule has 0 aliphatic carbocycles. The highest BCUT2D eigenvalue weighted by Crippen LogP contribution is 2.38. The van der Waals surface area contributed by atoms with Crippen LogP contribution in [0.5, 0.6) is 5.75 Å². The number of ether oxygens (including phenoxy) is 1. The highest BCUT2D eigenvalue weighted by atomic mass is 32.2. The van der Waals surface area contributed by atoms with E-state index in [1.54, 1.807) is 36.4 Å². The highest BCUT2D eigenvalue weighted by Gasteiger charge is 2.38. The first-order valence-corrected chi connectivity index (χ1v) is 13.2. The van der Waals surface area contributed by atoms with Crippen LogP contribution in [-0.2, 0) is 14.8 Å². The zero-order valence-electron chi connectivity index (χ0n) is 17.7. The van der Waals surface area contributed by atoms with E-state index in [4.69, 9.17) is 4.74 Å². The van der Waals surface area contributed by atoms with Crippen LogP contribution in [-0.4, -0.2) is 42.9 Å². The van der Waals surface area contributed by atoms with E-state index in [-0.39, 0.29) is 11.4 Å². The Hall–Kier alpha value is -2.63. The van der Waals surface area contributed by atoms with Crippen molar-refractivity contribution in [2.75, 3.05) is 21.9 Å². The van der Waals surface area contributed by atoms with Crippen molar-refractivity contribution in [1.29, 1.82) is 0 Å². The minimum Gasteiger partial charge on any atom is -0.476 e. The van der Waals surface area contributed by atoms with Crippen LogP contribution in [0.2, 0.25) is 0 Å². The molecular weight excluding hydrogens is 468 g/mol. The molecule has 1 aliphatic heterocycles. The van der Waals surface area contributed by atoms with Gasteiger partial charge in [0.05, 0.1) is 17.1 Å². The van der Waals surface area contributed by atoms with Gasteiger partial charge < -0.3 is 4.74 Å². The predicted molar refractivity (Wildman–Crippen MR) is 126 cm³/mol. The summed E-state index contributed by atoms with van der Waals surface area (Å²) in [5.41, 5.74) is 2.25. The second kappa shape index (κ2) is 9.08. The second-order valence-electron chi connectivity index (χ2n) is 7.22. The summed E-state index contributed by atoms with van der Waals surface area (Å²) in [5, 5.41) is 11.0. The lowest BCUT2D eigenvalue weighted by Crippen LogP contribution is -2.48. The van der Waals surface area contributed by atoms with Gasteiger partial charge in [-0.3, -0.25) is 14.4 Å². The molecule has 32 heavy (non-hydrogen) atoms. The summed E-state index contributed by atoms with van der Waals surface area (Å²) in [7, 11) is -3.90. The Labute approximate surface area is 195 Å². The summed E-state index contributed by atoms with van der Waals surface area (Å²) >= 11 is 2.79. The van der Waals surface area contributed by atoms with Crippen molar-refractivity contribution in [2.45, 2.75) is 36.1 Å². The van der Waals surface area contributed by atoms with Crippen LogP contribution in [0, 0.1) is 13.8 Å². The van der Waals surface area contributed by atoms with Gasteiger partial charge in [-0.05, 0) is 49.4 Å². The molecule has 1 aromatic heterocycles. The van der Waals surface area contributed by atoms with Gasteiger partial charge >= 0.3 is 0 Å². The number of sulfonamides is 1. The third kappa shape index (κ3) is 4.59. The lowest BCUT2D eigenvalue weighted by atomic mass is 10.1. The molecule has 0 bridgehead atoms. The molecule has 1 N–H and O–H groups in total. The number of carbonyl (C=O) groups excluding carboxylic acids is 1. The Morgan fingerprint density at radius 3 is 2.62 bits per heavy atom. The van der Waals surface area contributed by atoms with Gasteiger partial charge in [-0.1, -0.05) is 53.8 Å². The van der Waals surface area contributed by atoms with Crippen LogP contribution in [0.15, 0.2) is 51.7 Å². The third-order valence-electron chi connectivity index (χ3n) is 4.79. The van der Waals surface area contributed by atoms with Crippen molar-refractivity contribution in [1.82, 2.24) is 10.2 Å². The molecule has 1 atom stereocenters. The zero-order valence-corrected chi connectivity index (χ0v) is 20.2. The standard InChI is InChI=1S/C21H22N4O4S3/c1-4-30-21-24-23-20(31-21)22-19(26)18-12-25(16-10-7-14(3)11-17(16)29-18)32(27,28)15-8-5-13(2)6-9-15/h5-11,18H,4,12H2,1-3H3,(H,22,23,26)/t18-/m0/s1. The lowest BCUT2D eigenvalue weighted by molar-refractivity contribution is -0.122. The largest absolute Gasteiger partial charge is 0.476 e. The molecular formula is C21H22N4O4S3. The number of aromatic nitrogens is 2. The predicted octanol–water partition coefficient (Wildman–Crippen LogP) is 3.86. The van der Waals surface area contributed by atoms with Crippen molar-refractivity contribution in [3.8, 4) is 5.75 Å². The average Bonchev–Trinajstić information content (AvgIpc) is 3.20. The Morgan fingerprint density at radius 2 is 1.91 bits per heavy atom. The van der Waals surface area contributed by atoms with Gasteiger partial charge in [0.1, 0.15) is 5.75 Å². The Kier molecular flexibility index (Phi) is 6.40. The van der Waals surface area contributed by atoms with Crippen molar-refractivity contribution < 1.29 is 17.9 Å². The first kappa shape index (κ1) is 22.6. The summed E-state index contributed by atoms with van der Waals surface area (Å²) < 4.78 is 34.8. The van der Waals surface area contributed by atoms with Crippen molar-refractivity contribution >= 4 is 49.8 Å². The molecule has 2 heterocycles. The molecule has 0 saturated heterocycles. The van der Waals surface area contributed by atoms with Gasteiger partial charge in [0.15, 0.2) is 10.4 Å². The molecule has 0 fully saturated rings. The number of hydrogen-bond acceptors (Lipinski definition) is 8. The molecule has 0 spiro atoms. The van der Waals surface area contributed by atoms with Crippen LogP contribution >= 0.6 is 23.1 Å². The zero-order chi connectivity index (χ0) is 22.9. The molecule has 1 amide bonds. The maximum absolute atomic E-state index is 13.5. The average molecular weight is 491 g/mol. The van der Waals surface area contributed by atoms with E-state index in [9.17, 15) is 13.2 Å². The van der Waals surface area contributed by atoms with Crippen LogP contribution in [0.4, 0.5) is 10.8 Å². The monoisotopic (exact) mass is 490 g/mol. The van der Waals surface area contributed by atoms with Gasteiger partial charge in [-0.25, -0.2) is 8.42 Å². The number of amides is 1. The van der Waals surface area contributed by atoms with Gasteiger partial charge in [0, 0.05) is 0 Å². The van der Waals surface area contributed by atoms with E-state index >= 15 is 0 Å². The molecule has 4 rings (SSSR count). The summed E-state index contributed by atoms with van der Waals surface area (Å²) in [6.45, 7) is 5.61. The smallest absolute Gasteiger partial charge is 0.269 e. The maximum atomic E-state index is 13.5. The summed E-state index contributed by atoms with van der Waals surface area (Å²) in [6, 6.07) is 11.9. The minimum absolute atomic E-state index is 0.154. The van der Waals surface area contributed by atoms with Crippen LogP contribution in [0.25, 0.3) is 0 Å². The van der Waals surface area contributed by atoms with Gasteiger partial charge in [-0.15, -0.1) is 10.2 Å². The number of thioether (sulfide) groups is 1. The first-order chi connectivity index (χ1) is 15.3. The number of anilines is 2. The first-order valence-electron chi connectivity index (χ1n) is 9.92. The second-order valence-corrected chi connectivity index (χ2v) is 11.6.